The maximum atomic E-state index is 11.2. The number of nitro benzene ring substituents is 1. The zero-order valence-electron chi connectivity index (χ0n) is 11.9. The van der Waals surface area contributed by atoms with Crippen molar-refractivity contribution in [3.05, 3.63) is 58.1 Å². The average Bonchev–Trinajstić information content (AvgIpc) is 2.49. The molecule has 0 saturated carbocycles. The van der Waals surface area contributed by atoms with E-state index in [9.17, 15) is 14.9 Å². The van der Waals surface area contributed by atoms with E-state index in [1.807, 2.05) is 6.92 Å². The van der Waals surface area contributed by atoms with Crippen LogP contribution in [0.25, 0.3) is 0 Å². The molecule has 114 valence electrons. The van der Waals surface area contributed by atoms with Gasteiger partial charge in [0.2, 0.25) is 5.91 Å². The highest BCUT2D eigenvalue weighted by Gasteiger charge is 2.17. The number of carbonyl (C=O) groups excluding carboxylic acids is 1. The van der Waals surface area contributed by atoms with Crippen LogP contribution in [0.2, 0.25) is 0 Å². The normalized spacial score (nSPS) is 10.0. The van der Waals surface area contributed by atoms with E-state index in [2.05, 4.69) is 5.32 Å². The quantitative estimate of drug-likeness (QED) is 0.630. The Morgan fingerprint density at radius 1 is 1.27 bits per heavy atom. The lowest BCUT2D eigenvalue weighted by Gasteiger charge is -2.12. The van der Waals surface area contributed by atoms with Crippen LogP contribution < -0.4 is 15.8 Å². The lowest BCUT2D eigenvalue weighted by molar-refractivity contribution is -0.383. The van der Waals surface area contributed by atoms with E-state index in [1.54, 1.807) is 24.3 Å². The summed E-state index contributed by atoms with van der Waals surface area (Å²) in [6, 6.07) is 11.1. The number of nitro groups is 1. The zero-order chi connectivity index (χ0) is 16.1. The minimum atomic E-state index is -0.718. The first-order valence-electron chi connectivity index (χ1n) is 6.60. The lowest BCUT2D eigenvalue weighted by atomic mass is 10.1. The van der Waals surface area contributed by atoms with E-state index in [4.69, 9.17) is 10.5 Å². The molecule has 0 saturated heterocycles. The third kappa shape index (κ3) is 3.32. The maximum absolute atomic E-state index is 11.2. The molecule has 7 nitrogen and oxygen atoms in total. The van der Waals surface area contributed by atoms with E-state index in [-0.39, 0.29) is 16.9 Å². The Bertz CT molecular complexity index is 716. The molecule has 0 aliphatic carbocycles. The van der Waals surface area contributed by atoms with Gasteiger partial charge in [-0.2, -0.15) is 0 Å². The van der Waals surface area contributed by atoms with Gasteiger partial charge in [-0.05, 0) is 31.2 Å². The summed E-state index contributed by atoms with van der Waals surface area (Å²) in [5, 5.41) is 14.1. The largest absolute Gasteiger partial charge is 0.492 e. The fraction of sp³-hybridized carbons (Fsp3) is 0.133. The minimum Gasteiger partial charge on any atom is -0.492 e. The molecule has 0 heterocycles. The van der Waals surface area contributed by atoms with Crippen molar-refractivity contribution in [1.82, 2.24) is 0 Å². The monoisotopic (exact) mass is 301 g/mol. The zero-order valence-corrected chi connectivity index (χ0v) is 11.9. The van der Waals surface area contributed by atoms with Gasteiger partial charge >= 0.3 is 0 Å². The molecule has 0 atom stereocenters. The van der Waals surface area contributed by atoms with Gasteiger partial charge in [0.25, 0.3) is 5.69 Å². The van der Waals surface area contributed by atoms with Gasteiger partial charge in [-0.25, -0.2) is 0 Å². The Balaban J connectivity index is 2.41. The van der Waals surface area contributed by atoms with Crippen LogP contribution >= 0.6 is 0 Å². The predicted molar refractivity (Wildman–Crippen MR) is 82.5 cm³/mol. The molecule has 0 fully saturated rings. The van der Waals surface area contributed by atoms with Crippen molar-refractivity contribution in [3.8, 4) is 5.75 Å². The molecule has 22 heavy (non-hydrogen) atoms. The van der Waals surface area contributed by atoms with Crippen molar-refractivity contribution >= 4 is 23.0 Å². The molecule has 0 spiro atoms. The number of nitrogens with one attached hydrogen (secondary N) is 1. The van der Waals surface area contributed by atoms with E-state index in [0.29, 0.717) is 18.0 Å². The summed E-state index contributed by atoms with van der Waals surface area (Å²) >= 11 is 0. The van der Waals surface area contributed by atoms with Crippen molar-refractivity contribution < 1.29 is 14.5 Å². The number of hydrogen-bond donors (Lipinski definition) is 2. The van der Waals surface area contributed by atoms with Gasteiger partial charge in [-0.3, -0.25) is 14.9 Å². The van der Waals surface area contributed by atoms with Crippen LogP contribution in [0, 0.1) is 10.1 Å². The van der Waals surface area contributed by atoms with Gasteiger partial charge in [0.15, 0.2) is 0 Å². The standard InChI is InChI=1S/C15H15N3O4/c1-2-22-14-6-4-3-5-12(14)17-11-8-7-10(15(16)19)9-13(11)18(20)21/h3-9,17H,2H2,1H3,(H2,16,19). The second-order valence-corrected chi connectivity index (χ2v) is 4.41. The Labute approximate surface area is 126 Å². The van der Waals surface area contributed by atoms with Crippen LogP contribution in [-0.4, -0.2) is 17.4 Å². The topological polar surface area (TPSA) is 107 Å². The van der Waals surface area contributed by atoms with E-state index in [1.165, 1.54) is 12.1 Å². The number of ether oxygens (including phenoxy) is 1. The molecule has 0 aliphatic heterocycles. The molecular weight excluding hydrogens is 286 g/mol. The van der Waals surface area contributed by atoms with Crippen LogP contribution in [0.4, 0.5) is 17.1 Å². The Morgan fingerprint density at radius 2 is 2.00 bits per heavy atom. The molecule has 0 bridgehead atoms. The number of primary amides is 1. The van der Waals surface area contributed by atoms with Gasteiger partial charge in [0.05, 0.1) is 17.2 Å². The van der Waals surface area contributed by atoms with Crippen LogP contribution in [0.5, 0.6) is 5.75 Å². The molecule has 0 radical (unpaired) electrons. The fourth-order valence-electron chi connectivity index (χ4n) is 1.94. The van der Waals surface area contributed by atoms with E-state index < -0.39 is 10.8 Å². The van der Waals surface area contributed by atoms with E-state index in [0.717, 1.165) is 6.07 Å². The van der Waals surface area contributed by atoms with Crippen molar-refractivity contribution in [1.29, 1.82) is 0 Å². The molecule has 0 aliphatic rings. The molecule has 0 aromatic heterocycles. The van der Waals surface area contributed by atoms with Crippen molar-refractivity contribution in [2.75, 3.05) is 11.9 Å². The van der Waals surface area contributed by atoms with Crippen LogP contribution in [-0.2, 0) is 0 Å². The van der Waals surface area contributed by atoms with Crippen molar-refractivity contribution in [2.24, 2.45) is 5.73 Å². The first-order valence-corrected chi connectivity index (χ1v) is 6.60. The van der Waals surface area contributed by atoms with Crippen molar-refractivity contribution in [3.63, 3.8) is 0 Å². The third-order valence-electron chi connectivity index (χ3n) is 2.94. The van der Waals surface area contributed by atoms with E-state index >= 15 is 0 Å². The van der Waals surface area contributed by atoms with Gasteiger partial charge < -0.3 is 15.8 Å². The number of amides is 1. The SMILES string of the molecule is CCOc1ccccc1Nc1ccc(C(N)=O)cc1[N+](=O)[O-]. The number of benzene rings is 2. The Morgan fingerprint density at radius 3 is 2.64 bits per heavy atom. The van der Waals surface area contributed by atoms with Crippen LogP contribution in [0.1, 0.15) is 17.3 Å². The van der Waals surface area contributed by atoms with Gasteiger partial charge in [-0.1, -0.05) is 12.1 Å². The molecule has 2 rings (SSSR count). The molecule has 2 aromatic carbocycles. The van der Waals surface area contributed by atoms with Gasteiger partial charge in [0, 0.05) is 11.6 Å². The molecule has 3 N–H and O–H groups in total. The molecule has 0 unspecified atom stereocenters. The summed E-state index contributed by atoms with van der Waals surface area (Å²) in [5.41, 5.74) is 5.84. The minimum absolute atomic E-state index is 0.0790. The highest BCUT2D eigenvalue weighted by molar-refractivity contribution is 5.94. The summed E-state index contributed by atoms with van der Waals surface area (Å²) in [6.07, 6.45) is 0. The van der Waals surface area contributed by atoms with Gasteiger partial charge in [-0.15, -0.1) is 0 Å². The highest BCUT2D eigenvalue weighted by Crippen LogP contribution is 2.32. The van der Waals surface area contributed by atoms with Crippen LogP contribution in [0.15, 0.2) is 42.5 Å². The number of carbonyl (C=O) groups is 1. The number of hydrogen-bond acceptors (Lipinski definition) is 5. The molecular formula is C15H15N3O4. The second kappa shape index (κ2) is 6.57. The summed E-state index contributed by atoms with van der Waals surface area (Å²) in [7, 11) is 0. The first-order chi connectivity index (χ1) is 10.5. The summed E-state index contributed by atoms with van der Waals surface area (Å²) in [4.78, 5) is 21.8. The Kier molecular flexibility index (Phi) is 4.57. The second-order valence-electron chi connectivity index (χ2n) is 4.41. The van der Waals surface area contributed by atoms with Crippen LogP contribution in [0.3, 0.4) is 0 Å². The number of rotatable bonds is 6. The first kappa shape index (κ1) is 15.3. The average molecular weight is 301 g/mol. The third-order valence-corrected chi connectivity index (χ3v) is 2.94. The smallest absolute Gasteiger partial charge is 0.293 e. The summed E-state index contributed by atoms with van der Waals surface area (Å²) in [5.74, 6) is -0.136. The highest BCUT2D eigenvalue weighted by atomic mass is 16.6. The van der Waals surface area contributed by atoms with Crippen molar-refractivity contribution in [2.45, 2.75) is 6.92 Å². The number of nitrogens with zero attached hydrogens (tertiary/aromatic N) is 1. The predicted octanol–water partition coefficient (Wildman–Crippen LogP) is 2.84. The number of para-hydroxylation sites is 2. The van der Waals surface area contributed by atoms with Gasteiger partial charge in [0.1, 0.15) is 11.4 Å². The molecule has 7 heteroatoms. The Hall–Kier alpha value is -3.09. The lowest BCUT2D eigenvalue weighted by Crippen LogP contribution is -2.11. The number of anilines is 2. The molecule has 2 aromatic rings. The maximum Gasteiger partial charge on any atom is 0.293 e. The summed E-state index contributed by atoms with van der Waals surface area (Å²) in [6.45, 7) is 2.32. The molecule has 1 amide bonds. The number of nitrogens with two attached hydrogens (primary N) is 1. The fourth-order valence-corrected chi connectivity index (χ4v) is 1.94. The summed E-state index contributed by atoms with van der Waals surface area (Å²) < 4.78 is 5.47.